The second-order valence-electron chi connectivity index (χ2n) is 3.86. The van der Waals surface area contributed by atoms with Gasteiger partial charge < -0.3 is 10.1 Å². The molecule has 1 N–H and O–H groups in total. The Hall–Kier alpha value is -1.23. The molecule has 1 heterocycles. The van der Waals surface area contributed by atoms with Crippen LogP contribution >= 0.6 is 0 Å². The van der Waals surface area contributed by atoms with Crippen LogP contribution in [0.15, 0.2) is 0 Å². The standard InChI is InChI=1S/C12H22N4O/c1-4-10-11(5-2)15-16-12(14-10)13-8-6-7-9-17-3/h4-9H2,1-3H3,(H,13,14,16). The van der Waals surface area contributed by atoms with Gasteiger partial charge in [-0.15, -0.1) is 5.10 Å². The molecular formula is C12H22N4O. The number of ether oxygens (including phenoxy) is 1. The lowest BCUT2D eigenvalue weighted by Gasteiger charge is -2.07. The first kappa shape index (κ1) is 13.8. The van der Waals surface area contributed by atoms with E-state index in [1.54, 1.807) is 7.11 Å². The molecule has 0 amide bonds. The number of aryl methyl sites for hydroxylation is 2. The number of nitrogens with zero attached hydrogens (tertiary/aromatic N) is 3. The molecule has 0 aromatic carbocycles. The molecule has 5 heteroatoms. The van der Waals surface area contributed by atoms with Crippen LogP contribution in [0.1, 0.15) is 38.1 Å². The molecule has 0 saturated carbocycles. The zero-order valence-corrected chi connectivity index (χ0v) is 11.0. The van der Waals surface area contributed by atoms with Crippen molar-refractivity contribution in [3.8, 4) is 0 Å². The van der Waals surface area contributed by atoms with E-state index in [0.29, 0.717) is 5.95 Å². The quantitative estimate of drug-likeness (QED) is 0.700. The molecule has 1 rings (SSSR count). The molecule has 0 fully saturated rings. The van der Waals surface area contributed by atoms with Crippen LogP contribution in [0.5, 0.6) is 0 Å². The summed E-state index contributed by atoms with van der Waals surface area (Å²) in [4.78, 5) is 4.46. The predicted molar refractivity (Wildman–Crippen MR) is 68.2 cm³/mol. The van der Waals surface area contributed by atoms with E-state index in [2.05, 4.69) is 34.3 Å². The SMILES string of the molecule is CCc1nnc(NCCCCOC)nc1CC. The van der Waals surface area contributed by atoms with Crippen molar-refractivity contribution < 1.29 is 4.74 Å². The highest BCUT2D eigenvalue weighted by Gasteiger charge is 2.05. The van der Waals surface area contributed by atoms with Gasteiger partial charge in [0, 0.05) is 20.3 Å². The van der Waals surface area contributed by atoms with Crippen LogP contribution in [0.3, 0.4) is 0 Å². The van der Waals surface area contributed by atoms with E-state index in [-0.39, 0.29) is 0 Å². The molecule has 0 aliphatic rings. The van der Waals surface area contributed by atoms with E-state index < -0.39 is 0 Å². The first-order valence-corrected chi connectivity index (χ1v) is 6.27. The molecule has 96 valence electrons. The average molecular weight is 238 g/mol. The minimum atomic E-state index is 0.636. The highest BCUT2D eigenvalue weighted by Crippen LogP contribution is 2.06. The number of nitrogens with one attached hydrogen (secondary N) is 1. The summed E-state index contributed by atoms with van der Waals surface area (Å²) in [5, 5.41) is 11.4. The lowest BCUT2D eigenvalue weighted by atomic mass is 10.2. The Morgan fingerprint density at radius 2 is 1.82 bits per heavy atom. The molecule has 0 spiro atoms. The fourth-order valence-corrected chi connectivity index (χ4v) is 1.58. The van der Waals surface area contributed by atoms with E-state index in [1.807, 2.05) is 0 Å². The van der Waals surface area contributed by atoms with Crippen LogP contribution in [0.2, 0.25) is 0 Å². The highest BCUT2D eigenvalue weighted by molar-refractivity contribution is 5.25. The van der Waals surface area contributed by atoms with E-state index >= 15 is 0 Å². The Kier molecular flexibility index (Phi) is 6.47. The van der Waals surface area contributed by atoms with Gasteiger partial charge in [-0.3, -0.25) is 0 Å². The molecule has 0 saturated heterocycles. The Balaban J connectivity index is 2.43. The van der Waals surface area contributed by atoms with E-state index in [1.165, 1.54) is 0 Å². The summed E-state index contributed by atoms with van der Waals surface area (Å²) in [6, 6.07) is 0. The maximum absolute atomic E-state index is 4.99. The molecule has 1 aromatic rings. The van der Waals surface area contributed by atoms with Gasteiger partial charge in [-0.1, -0.05) is 13.8 Å². The van der Waals surface area contributed by atoms with Gasteiger partial charge in [0.25, 0.3) is 0 Å². The number of anilines is 1. The number of hydrogen-bond acceptors (Lipinski definition) is 5. The first-order valence-electron chi connectivity index (χ1n) is 6.27. The largest absolute Gasteiger partial charge is 0.385 e. The summed E-state index contributed by atoms with van der Waals surface area (Å²) < 4.78 is 4.99. The highest BCUT2D eigenvalue weighted by atomic mass is 16.5. The van der Waals surface area contributed by atoms with Crippen LogP contribution in [0, 0.1) is 0 Å². The molecule has 0 aliphatic carbocycles. The van der Waals surface area contributed by atoms with Crippen molar-refractivity contribution in [3.05, 3.63) is 11.4 Å². The van der Waals surface area contributed by atoms with Crippen LogP contribution in [-0.2, 0) is 17.6 Å². The summed E-state index contributed by atoms with van der Waals surface area (Å²) >= 11 is 0. The maximum Gasteiger partial charge on any atom is 0.242 e. The third-order valence-electron chi connectivity index (χ3n) is 2.57. The van der Waals surface area contributed by atoms with Gasteiger partial charge in [-0.2, -0.15) is 5.10 Å². The lowest BCUT2D eigenvalue weighted by Crippen LogP contribution is -2.10. The second kappa shape index (κ2) is 7.95. The Morgan fingerprint density at radius 1 is 1.06 bits per heavy atom. The van der Waals surface area contributed by atoms with Crippen LogP contribution in [0.4, 0.5) is 5.95 Å². The summed E-state index contributed by atoms with van der Waals surface area (Å²) in [6.07, 6.45) is 3.88. The van der Waals surface area contributed by atoms with Crippen molar-refractivity contribution in [2.24, 2.45) is 0 Å². The van der Waals surface area contributed by atoms with Crippen molar-refractivity contribution in [3.63, 3.8) is 0 Å². The van der Waals surface area contributed by atoms with Crippen molar-refractivity contribution >= 4 is 5.95 Å². The van der Waals surface area contributed by atoms with Crippen LogP contribution in [0.25, 0.3) is 0 Å². The molecule has 0 bridgehead atoms. The van der Waals surface area contributed by atoms with Gasteiger partial charge in [-0.05, 0) is 25.7 Å². The minimum absolute atomic E-state index is 0.636. The third-order valence-corrected chi connectivity index (χ3v) is 2.57. The molecule has 0 unspecified atom stereocenters. The second-order valence-corrected chi connectivity index (χ2v) is 3.86. The van der Waals surface area contributed by atoms with Gasteiger partial charge in [0.1, 0.15) is 0 Å². The number of hydrogen-bond donors (Lipinski definition) is 1. The topological polar surface area (TPSA) is 59.9 Å². The number of rotatable bonds is 8. The zero-order chi connectivity index (χ0) is 12.5. The summed E-state index contributed by atoms with van der Waals surface area (Å²) in [5.74, 6) is 0.636. The lowest BCUT2D eigenvalue weighted by molar-refractivity contribution is 0.193. The predicted octanol–water partition coefficient (Wildman–Crippen LogP) is 1.83. The minimum Gasteiger partial charge on any atom is -0.385 e. The monoisotopic (exact) mass is 238 g/mol. The number of aromatic nitrogens is 3. The molecule has 0 radical (unpaired) electrons. The Bertz CT molecular complexity index is 330. The maximum atomic E-state index is 4.99. The van der Waals surface area contributed by atoms with Crippen molar-refractivity contribution in [2.75, 3.05) is 25.6 Å². The molecular weight excluding hydrogens is 216 g/mol. The van der Waals surface area contributed by atoms with E-state index in [9.17, 15) is 0 Å². The summed E-state index contributed by atoms with van der Waals surface area (Å²) in [5.41, 5.74) is 2.04. The van der Waals surface area contributed by atoms with Gasteiger partial charge in [0.2, 0.25) is 5.95 Å². The molecule has 0 aliphatic heterocycles. The smallest absolute Gasteiger partial charge is 0.242 e. The Labute approximate surface area is 103 Å². The van der Waals surface area contributed by atoms with Crippen LogP contribution in [-0.4, -0.2) is 35.4 Å². The number of methoxy groups -OCH3 is 1. The van der Waals surface area contributed by atoms with Crippen molar-refractivity contribution in [1.29, 1.82) is 0 Å². The van der Waals surface area contributed by atoms with E-state index in [4.69, 9.17) is 4.74 Å². The first-order chi connectivity index (χ1) is 8.31. The van der Waals surface area contributed by atoms with Crippen molar-refractivity contribution in [1.82, 2.24) is 15.2 Å². The van der Waals surface area contributed by atoms with Gasteiger partial charge in [0.15, 0.2) is 0 Å². The summed E-state index contributed by atoms with van der Waals surface area (Å²) in [7, 11) is 1.72. The van der Waals surface area contributed by atoms with Crippen LogP contribution < -0.4 is 5.32 Å². The Morgan fingerprint density at radius 3 is 2.47 bits per heavy atom. The normalized spacial score (nSPS) is 10.5. The fourth-order valence-electron chi connectivity index (χ4n) is 1.58. The van der Waals surface area contributed by atoms with E-state index in [0.717, 1.165) is 50.2 Å². The van der Waals surface area contributed by atoms with Crippen molar-refractivity contribution in [2.45, 2.75) is 39.5 Å². The zero-order valence-electron chi connectivity index (χ0n) is 11.0. The molecule has 1 aromatic heterocycles. The number of unbranched alkanes of at least 4 members (excludes halogenated alkanes) is 1. The van der Waals surface area contributed by atoms with Gasteiger partial charge in [0.05, 0.1) is 11.4 Å². The van der Waals surface area contributed by atoms with Gasteiger partial charge in [-0.25, -0.2) is 4.98 Å². The fraction of sp³-hybridized carbons (Fsp3) is 0.750. The molecule has 0 atom stereocenters. The molecule has 5 nitrogen and oxygen atoms in total. The van der Waals surface area contributed by atoms with Gasteiger partial charge >= 0.3 is 0 Å². The summed E-state index contributed by atoms with van der Waals surface area (Å²) in [6.45, 7) is 5.82. The molecule has 17 heavy (non-hydrogen) atoms. The third kappa shape index (κ3) is 4.65. The average Bonchev–Trinajstić information content (AvgIpc) is 2.38.